The first-order chi connectivity index (χ1) is 6.98. The third-order valence-corrected chi connectivity index (χ3v) is 2.92. The highest BCUT2D eigenvalue weighted by molar-refractivity contribution is 6.75. The molecule has 6 heteroatoms. The monoisotopic (exact) mass is 269 g/mol. The van der Waals surface area contributed by atoms with Gasteiger partial charge in [-0.1, -0.05) is 40.0 Å². The topological polar surface area (TPSA) is 38.7 Å². The zero-order valence-electron chi connectivity index (χ0n) is 7.88. The lowest BCUT2D eigenvalue weighted by molar-refractivity contribution is -0.142. The minimum absolute atomic E-state index is 0.487. The fourth-order valence-corrected chi connectivity index (χ4v) is 1.49. The Labute approximate surface area is 103 Å². The Balaban J connectivity index is 1.93. The van der Waals surface area contributed by atoms with Gasteiger partial charge in [0, 0.05) is 11.8 Å². The third-order valence-electron chi connectivity index (χ3n) is 2.46. The second-order valence-electron chi connectivity index (χ2n) is 3.94. The zero-order valence-corrected chi connectivity index (χ0v) is 10.1. The van der Waals surface area contributed by atoms with Gasteiger partial charge in [0.15, 0.2) is 0 Å². The van der Waals surface area contributed by atoms with Gasteiger partial charge >= 0.3 is 5.97 Å². The van der Waals surface area contributed by atoms with Crippen molar-refractivity contribution in [2.24, 2.45) is 17.0 Å². The lowest BCUT2D eigenvalue weighted by Gasteiger charge is -2.07. The van der Waals surface area contributed by atoms with Crippen molar-refractivity contribution >= 4 is 46.5 Å². The molecule has 0 radical (unpaired) electrons. The fourth-order valence-electron chi connectivity index (χ4n) is 1.39. The molecule has 2 aliphatic carbocycles. The van der Waals surface area contributed by atoms with Crippen LogP contribution in [0.4, 0.5) is 0 Å². The highest BCUT2D eigenvalue weighted by Gasteiger charge is 2.40. The van der Waals surface area contributed by atoms with Crippen molar-refractivity contribution in [2.45, 2.75) is 29.5 Å². The number of rotatable bonds is 3. The summed E-state index contributed by atoms with van der Waals surface area (Å²) in [5.74, 6) is 0.0349. The van der Waals surface area contributed by atoms with Gasteiger partial charge in [0.25, 0.3) is 3.79 Å². The van der Waals surface area contributed by atoms with E-state index >= 15 is 0 Å². The molecular formula is C9H10Cl3NO2. The number of carbonyl (C=O) groups excluding carboxylic acids is 1. The maximum Gasteiger partial charge on any atom is 0.386 e. The highest BCUT2D eigenvalue weighted by atomic mass is 35.6. The maximum absolute atomic E-state index is 11.1. The lowest BCUT2D eigenvalue weighted by Crippen LogP contribution is -2.21. The summed E-state index contributed by atoms with van der Waals surface area (Å²) in [6.07, 6.45) is 4.50. The third kappa shape index (κ3) is 3.23. The number of hydrogen-bond acceptors (Lipinski definition) is 3. The summed E-state index contributed by atoms with van der Waals surface area (Å²) in [5.41, 5.74) is 0.970. The van der Waals surface area contributed by atoms with Crippen LogP contribution >= 0.6 is 34.8 Å². The van der Waals surface area contributed by atoms with Crippen molar-refractivity contribution in [3.8, 4) is 0 Å². The van der Waals surface area contributed by atoms with Crippen LogP contribution in [0.3, 0.4) is 0 Å². The lowest BCUT2D eigenvalue weighted by atomic mass is 10.2. The second kappa shape index (κ2) is 4.11. The van der Waals surface area contributed by atoms with Crippen molar-refractivity contribution in [3.05, 3.63) is 0 Å². The highest BCUT2D eigenvalue weighted by Crippen LogP contribution is 2.42. The predicted octanol–water partition coefficient (Wildman–Crippen LogP) is 3.08. The van der Waals surface area contributed by atoms with E-state index in [0.717, 1.165) is 31.4 Å². The van der Waals surface area contributed by atoms with E-state index in [4.69, 9.17) is 34.8 Å². The van der Waals surface area contributed by atoms with Crippen molar-refractivity contribution in [3.63, 3.8) is 0 Å². The first-order valence-corrected chi connectivity index (χ1v) is 5.98. The van der Waals surface area contributed by atoms with E-state index < -0.39 is 9.76 Å². The molecule has 2 aliphatic rings. The summed E-state index contributed by atoms with van der Waals surface area (Å²) in [6, 6.07) is 0. The molecule has 0 bridgehead atoms. The molecule has 2 rings (SSSR count). The van der Waals surface area contributed by atoms with Crippen LogP contribution in [0, 0.1) is 11.8 Å². The van der Waals surface area contributed by atoms with E-state index in [-0.39, 0.29) is 0 Å². The van der Waals surface area contributed by atoms with Crippen molar-refractivity contribution in [1.82, 2.24) is 0 Å². The summed E-state index contributed by atoms with van der Waals surface area (Å²) in [4.78, 5) is 15.8. The molecule has 0 unspecified atom stereocenters. The molecule has 2 fully saturated rings. The summed E-state index contributed by atoms with van der Waals surface area (Å²) < 4.78 is -2.04. The molecule has 0 heterocycles. The fraction of sp³-hybridized carbons (Fsp3) is 0.778. The number of halogens is 3. The van der Waals surface area contributed by atoms with Gasteiger partial charge in [0.2, 0.25) is 0 Å². The summed E-state index contributed by atoms with van der Waals surface area (Å²) in [6.45, 7) is 0. The van der Waals surface area contributed by atoms with E-state index in [1.165, 1.54) is 0 Å². The Kier molecular flexibility index (Phi) is 3.15. The molecule has 0 aromatic heterocycles. The Hall–Kier alpha value is 0.01000. The molecule has 0 aromatic carbocycles. The van der Waals surface area contributed by atoms with Gasteiger partial charge in [0.1, 0.15) is 0 Å². The minimum atomic E-state index is -2.04. The van der Waals surface area contributed by atoms with E-state index in [1.54, 1.807) is 0 Å². The molecule has 84 valence electrons. The average molecular weight is 271 g/mol. The maximum atomic E-state index is 11.1. The van der Waals surface area contributed by atoms with E-state index in [2.05, 4.69) is 9.99 Å². The number of carbonyl (C=O) groups is 1. The molecule has 2 saturated carbocycles. The number of nitrogens with zero attached hydrogens (tertiary/aromatic N) is 1. The molecule has 0 saturated heterocycles. The van der Waals surface area contributed by atoms with Crippen LogP contribution in [0.2, 0.25) is 0 Å². The summed E-state index contributed by atoms with van der Waals surface area (Å²) in [7, 11) is 0. The van der Waals surface area contributed by atoms with Crippen LogP contribution < -0.4 is 0 Å². The minimum Gasteiger partial charge on any atom is -0.313 e. The van der Waals surface area contributed by atoms with Gasteiger partial charge in [-0.2, -0.15) is 0 Å². The Bertz CT molecular complexity index is 289. The average Bonchev–Trinajstić information content (AvgIpc) is 2.98. The van der Waals surface area contributed by atoms with Crippen LogP contribution in [-0.4, -0.2) is 15.5 Å². The predicted molar refractivity (Wildman–Crippen MR) is 59.3 cm³/mol. The molecule has 15 heavy (non-hydrogen) atoms. The molecule has 0 N–H and O–H groups in total. The van der Waals surface area contributed by atoms with Crippen molar-refractivity contribution in [1.29, 1.82) is 0 Å². The first-order valence-electron chi connectivity index (χ1n) is 4.84. The van der Waals surface area contributed by atoms with Crippen LogP contribution in [0.25, 0.3) is 0 Å². The molecular weight excluding hydrogens is 260 g/mol. The summed E-state index contributed by atoms with van der Waals surface area (Å²) in [5, 5.41) is 3.83. The number of alkyl halides is 3. The molecule has 0 aromatic rings. The second-order valence-corrected chi connectivity index (χ2v) is 6.22. The van der Waals surface area contributed by atoms with Crippen molar-refractivity contribution < 1.29 is 9.63 Å². The van der Waals surface area contributed by atoms with Gasteiger partial charge in [0.05, 0.1) is 5.71 Å². The van der Waals surface area contributed by atoms with Crippen LogP contribution in [0.15, 0.2) is 5.16 Å². The molecule has 0 aliphatic heterocycles. The largest absolute Gasteiger partial charge is 0.386 e. The quantitative estimate of drug-likeness (QED) is 0.342. The first kappa shape index (κ1) is 11.5. The van der Waals surface area contributed by atoms with E-state index in [9.17, 15) is 4.79 Å². The Morgan fingerprint density at radius 2 is 1.60 bits per heavy atom. The summed E-state index contributed by atoms with van der Waals surface area (Å²) >= 11 is 16.0. The number of hydrogen-bond donors (Lipinski definition) is 0. The van der Waals surface area contributed by atoms with Gasteiger partial charge < -0.3 is 4.84 Å². The molecule has 0 atom stereocenters. The van der Waals surface area contributed by atoms with Gasteiger partial charge in [-0.05, 0) is 25.7 Å². The molecule has 0 spiro atoms. The smallest absolute Gasteiger partial charge is 0.313 e. The Morgan fingerprint density at radius 1 is 1.13 bits per heavy atom. The van der Waals surface area contributed by atoms with Gasteiger partial charge in [-0.15, -0.1) is 0 Å². The van der Waals surface area contributed by atoms with Gasteiger partial charge in [-0.25, -0.2) is 4.79 Å². The normalized spacial score (nSPS) is 21.0. The SMILES string of the molecule is O=C(ON=C(C1CC1)C1CC1)C(Cl)(Cl)Cl. The van der Waals surface area contributed by atoms with Crippen LogP contribution in [0.5, 0.6) is 0 Å². The van der Waals surface area contributed by atoms with Crippen molar-refractivity contribution in [2.75, 3.05) is 0 Å². The van der Waals surface area contributed by atoms with Gasteiger partial charge in [-0.3, -0.25) is 0 Å². The number of oxime groups is 1. The van der Waals surface area contributed by atoms with Crippen LogP contribution in [0.1, 0.15) is 25.7 Å². The zero-order chi connectivity index (χ0) is 11.1. The molecule has 0 amide bonds. The molecule has 3 nitrogen and oxygen atoms in total. The van der Waals surface area contributed by atoms with Crippen LogP contribution in [-0.2, 0) is 9.63 Å². The van der Waals surface area contributed by atoms with E-state index in [1.807, 2.05) is 0 Å². The Morgan fingerprint density at radius 3 is 1.93 bits per heavy atom. The standard InChI is InChI=1S/C9H10Cl3NO2/c10-9(11,12)8(14)15-13-7(5-1-2-5)6-3-4-6/h5-6H,1-4H2. The van der Waals surface area contributed by atoms with E-state index in [0.29, 0.717) is 11.8 Å².